The molecule has 1 amide bonds. The van der Waals surface area contributed by atoms with Crippen LogP contribution in [0.4, 0.5) is 0 Å². The van der Waals surface area contributed by atoms with Gasteiger partial charge in [0.1, 0.15) is 11.3 Å². The van der Waals surface area contributed by atoms with Crippen LogP contribution in [0.25, 0.3) is 38.4 Å². The zero-order chi connectivity index (χ0) is 24.4. The number of ether oxygens (including phenoxy) is 1. The quantitative estimate of drug-likeness (QED) is 0.253. The highest BCUT2D eigenvalue weighted by Gasteiger charge is 2.15. The van der Waals surface area contributed by atoms with Gasteiger partial charge in [-0.2, -0.15) is 0 Å². The second-order valence-corrected chi connectivity index (χ2v) is 8.87. The van der Waals surface area contributed by atoms with Gasteiger partial charge in [-0.05, 0) is 58.7 Å². The highest BCUT2D eigenvalue weighted by molar-refractivity contribution is 6.30. The van der Waals surface area contributed by atoms with Crippen LogP contribution < -0.4 is 10.1 Å². The van der Waals surface area contributed by atoms with Crippen LogP contribution in [0, 0.1) is 0 Å². The number of halogens is 1. The topological polar surface area (TPSA) is 51.5 Å². The lowest BCUT2D eigenvalue weighted by Gasteiger charge is -2.10. The van der Waals surface area contributed by atoms with Crippen LogP contribution in [0.15, 0.2) is 95.6 Å². The van der Waals surface area contributed by atoms with Crippen LogP contribution >= 0.6 is 11.6 Å². The van der Waals surface area contributed by atoms with E-state index in [0.29, 0.717) is 17.3 Å². The first kappa shape index (κ1) is 22.8. The molecule has 1 heterocycles. The molecule has 5 rings (SSSR count). The Bertz CT molecular complexity index is 1560. The van der Waals surface area contributed by atoms with Crippen molar-refractivity contribution >= 4 is 44.8 Å². The van der Waals surface area contributed by atoms with Crippen molar-refractivity contribution in [1.29, 1.82) is 0 Å². The van der Waals surface area contributed by atoms with Gasteiger partial charge in [-0.25, -0.2) is 0 Å². The van der Waals surface area contributed by atoms with E-state index >= 15 is 0 Å². The summed E-state index contributed by atoms with van der Waals surface area (Å²) >= 11 is 5.93. The SMILES string of the molecule is COc1cc2occ(-c3ccc4ccccc4c3)c2cc1/C(C)=C/C(=O)NCc1ccc(Cl)cc1. The molecule has 0 atom stereocenters. The lowest BCUT2D eigenvalue weighted by atomic mass is 9.97. The van der Waals surface area contributed by atoms with Crippen molar-refractivity contribution in [3.8, 4) is 16.9 Å². The maximum atomic E-state index is 12.6. The van der Waals surface area contributed by atoms with Gasteiger partial charge in [-0.3, -0.25) is 4.79 Å². The van der Waals surface area contributed by atoms with Crippen LogP contribution in [0.5, 0.6) is 5.75 Å². The van der Waals surface area contributed by atoms with E-state index in [-0.39, 0.29) is 5.91 Å². The van der Waals surface area contributed by atoms with Crippen molar-refractivity contribution in [3.05, 3.63) is 107 Å². The molecule has 1 N–H and O–H groups in total. The predicted molar refractivity (Wildman–Crippen MR) is 143 cm³/mol. The molecule has 0 aliphatic heterocycles. The van der Waals surface area contributed by atoms with E-state index in [2.05, 4.69) is 35.6 Å². The Morgan fingerprint density at radius 2 is 1.77 bits per heavy atom. The molecule has 4 aromatic carbocycles. The standard InChI is InChI=1S/C30H24ClNO3/c1-19(13-30(33)32-17-20-7-11-24(31)12-8-20)25-15-26-27(18-35-29(26)16-28(25)34-2)23-10-9-21-5-3-4-6-22(21)14-23/h3-16,18H,17H2,1-2H3,(H,32,33)/b19-13+. The normalized spacial score (nSPS) is 11.7. The number of rotatable bonds is 6. The van der Waals surface area contributed by atoms with E-state index in [9.17, 15) is 4.79 Å². The minimum atomic E-state index is -0.179. The van der Waals surface area contributed by atoms with E-state index in [4.69, 9.17) is 20.8 Å². The van der Waals surface area contributed by atoms with Gasteiger partial charge in [0, 0.05) is 40.2 Å². The van der Waals surface area contributed by atoms with Gasteiger partial charge in [0.05, 0.1) is 13.4 Å². The molecular weight excluding hydrogens is 458 g/mol. The van der Waals surface area contributed by atoms with Crippen molar-refractivity contribution in [2.45, 2.75) is 13.5 Å². The summed E-state index contributed by atoms with van der Waals surface area (Å²) in [4.78, 5) is 12.6. The molecule has 5 heteroatoms. The maximum Gasteiger partial charge on any atom is 0.244 e. The van der Waals surface area contributed by atoms with Gasteiger partial charge in [0.25, 0.3) is 0 Å². The van der Waals surface area contributed by atoms with Gasteiger partial charge in [-0.1, -0.05) is 60.1 Å². The highest BCUT2D eigenvalue weighted by Crippen LogP contribution is 2.38. The molecule has 0 spiro atoms. The average molecular weight is 482 g/mol. The molecule has 5 aromatic rings. The third kappa shape index (κ3) is 4.79. The summed E-state index contributed by atoms with van der Waals surface area (Å²) in [5, 5.41) is 6.91. The lowest BCUT2D eigenvalue weighted by molar-refractivity contribution is -0.116. The fourth-order valence-electron chi connectivity index (χ4n) is 4.23. The van der Waals surface area contributed by atoms with E-state index in [0.717, 1.165) is 38.8 Å². The molecule has 1 aromatic heterocycles. The van der Waals surface area contributed by atoms with Crippen LogP contribution in [-0.2, 0) is 11.3 Å². The number of allylic oxidation sites excluding steroid dienone is 1. The summed E-state index contributed by atoms with van der Waals surface area (Å²) < 4.78 is 11.5. The number of carbonyl (C=O) groups excluding carboxylic acids is 1. The number of fused-ring (bicyclic) bond motifs is 2. The maximum absolute atomic E-state index is 12.6. The van der Waals surface area contributed by atoms with E-state index in [1.807, 2.05) is 55.5 Å². The number of amides is 1. The monoisotopic (exact) mass is 481 g/mol. The Morgan fingerprint density at radius 1 is 1.00 bits per heavy atom. The van der Waals surface area contributed by atoms with E-state index in [1.54, 1.807) is 19.4 Å². The number of furan rings is 1. The summed E-state index contributed by atoms with van der Waals surface area (Å²) in [7, 11) is 1.62. The first-order valence-electron chi connectivity index (χ1n) is 11.3. The van der Waals surface area contributed by atoms with Crippen LogP contribution in [0.1, 0.15) is 18.1 Å². The summed E-state index contributed by atoms with van der Waals surface area (Å²) in [6.45, 7) is 2.32. The highest BCUT2D eigenvalue weighted by atomic mass is 35.5. The Hall–Kier alpha value is -4.02. The van der Waals surface area contributed by atoms with Crippen molar-refractivity contribution in [1.82, 2.24) is 5.32 Å². The fraction of sp³-hybridized carbons (Fsp3) is 0.100. The molecule has 0 aliphatic carbocycles. The largest absolute Gasteiger partial charge is 0.496 e. The number of hydrogen-bond acceptors (Lipinski definition) is 3. The molecular formula is C30H24ClNO3. The van der Waals surface area contributed by atoms with Gasteiger partial charge < -0.3 is 14.5 Å². The minimum Gasteiger partial charge on any atom is -0.496 e. The van der Waals surface area contributed by atoms with Gasteiger partial charge in [0.2, 0.25) is 5.91 Å². The van der Waals surface area contributed by atoms with E-state index < -0.39 is 0 Å². The molecule has 4 nitrogen and oxygen atoms in total. The Balaban J connectivity index is 1.46. The summed E-state index contributed by atoms with van der Waals surface area (Å²) in [5.74, 6) is 0.470. The lowest BCUT2D eigenvalue weighted by Crippen LogP contribution is -2.20. The van der Waals surface area contributed by atoms with Crippen molar-refractivity contribution < 1.29 is 13.9 Å². The Kier molecular flexibility index (Phi) is 6.30. The van der Waals surface area contributed by atoms with Gasteiger partial charge in [0.15, 0.2) is 0 Å². The number of carbonyl (C=O) groups is 1. The first-order chi connectivity index (χ1) is 17.0. The van der Waals surface area contributed by atoms with Gasteiger partial charge in [-0.15, -0.1) is 0 Å². The van der Waals surface area contributed by atoms with Gasteiger partial charge >= 0.3 is 0 Å². The Morgan fingerprint density at radius 3 is 2.54 bits per heavy atom. The Labute approximate surface area is 208 Å². The number of nitrogens with one attached hydrogen (secondary N) is 1. The molecule has 0 fully saturated rings. The second-order valence-electron chi connectivity index (χ2n) is 8.43. The molecule has 0 unspecified atom stereocenters. The predicted octanol–water partition coefficient (Wildman–Crippen LogP) is 7.63. The van der Waals surface area contributed by atoms with Crippen molar-refractivity contribution in [2.75, 3.05) is 7.11 Å². The summed E-state index contributed by atoms with van der Waals surface area (Å²) in [6.07, 6.45) is 3.37. The summed E-state index contributed by atoms with van der Waals surface area (Å²) in [5.41, 5.74) is 5.41. The second kappa shape index (κ2) is 9.69. The smallest absolute Gasteiger partial charge is 0.244 e. The molecule has 35 heavy (non-hydrogen) atoms. The van der Waals surface area contributed by atoms with Crippen molar-refractivity contribution in [3.63, 3.8) is 0 Å². The van der Waals surface area contributed by atoms with E-state index in [1.165, 1.54) is 10.8 Å². The third-order valence-corrected chi connectivity index (χ3v) is 6.36. The van der Waals surface area contributed by atoms with Crippen LogP contribution in [-0.4, -0.2) is 13.0 Å². The minimum absolute atomic E-state index is 0.179. The molecule has 174 valence electrons. The molecule has 0 bridgehead atoms. The van der Waals surface area contributed by atoms with Crippen LogP contribution in [0.3, 0.4) is 0 Å². The number of benzene rings is 4. The number of methoxy groups -OCH3 is 1. The van der Waals surface area contributed by atoms with Crippen molar-refractivity contribution in [2.24, 2.45) is 0 Å². The molecule has 0 saturated carbocycles. The number of hydrogen-bond donors (Lipinski definition) is 1. The zero-order valence-corrected chi connectivity index (χ0v) is 20.2. The zero-order valence-electron chi connectivity index (χ0n) is 19.5. The van der Waals surface area contributed by atoms with Crippen LogP contribution in [0.2, 0.25) is 5.02 Å². The molecule has 0 saturated heterocycles. The molecule has 0 radical (unpaired) electrons. The average Bonchev–Trinajstić information content (AvgIpc) is 3.30. The first-order valence-corrected chi connectivity index (χ1v) is 11.7. The summed E-state index contributed by atoms with van der Waals surface area (Å²) in [6, 6.07) is 26.0. The fourth-order valence-corrected chi connectivity index (χ4v) is 4.36. The third-order valence-electron chi connectivity index (χ3n) is 6.11. The molecule has 0 aliphatic rings.